The van der Waals surface area contributed by atoms with Crippen LogP contribution in [-0.4, -0.2) is 35.6 Å². The molecule has 1 fully saturated rings. The monoisotopic (exact) mass is 235 g/mol. The van der Waals surface area contributed by atoms with Gasteiger partial charge < -0.3 is 15.3 Å². The molecule has 0 radical (unpaired) electrons. The van der Waals surface area contributed by atoms with E-state index < -0.39 is 6.10 Å². The first kappa shape index (κ1) is 11.9. The van der Waals surface area contributed by atoms with Gasteiger partial charge in [0.2, 0.25) is 5.91 Å². The van der Waals surface area contributed by atoms with Gasteiger partial charge in [0.05, 0.1) is 23.7 Å². The quantitative estimate of drug-likeness (QED) is 0.781. The second kappa shape index (κ2) is 5.14. The Morgan fingerprint density at radius 2 is 2.29 bits per heavy atom. The number of hydrogen-bond acceptors (Lipinski definition) is 4. The summed E-state index contributed by atoms with van der Waals surface area (Å²) in [6, 6.07) is 3.75. The largest absolute Gasteiger partial charge is 0.387 e. The van der Waals surface area contributed by atoms with Crippen LogP contribution in [0, 0.1) is 0 Å². The van der Waals surface area contributed by atoms with Crippen molar-refractivity contribution in [1.29, 1.82) is 0 Å². The van der Waals surface area contributed by atoms with Crippen molar-refractivity contribution in [2.75, 3.05) is 24.5 Å². The number of nitrogens with one attached hydrogen (secondary N) is 1. The summed E-state index contributed by atoms with van der Waals surface area (Å²) in [4.78, 5) is 17.5. The van der Waals surface area contributed by atoms with Gasteiger partial charge in [-0.25, -0.2) is 0 Å². The predicted octanol–water partition coefficient (Wildman–Crippen LogP) is 0.461. The minimum absolute atomic E-state index is 0.0982. The first-order valence-electron chi connectivity index (χ1n) is 5.82. The van der Waals surface area contributed by atoms with Crippen molar-refractivity contribution >= 4 is 11.6 Å². The Morgan fingerprint density at radius 3 is 2.94 bits per heavy atom. The van der Waals surface area contributed by atoms with Crippen molar-refractivity contribution in [1.82, 2.24) is 10.3 Å². The molecule has 0 spiro atoms. The SMILES string of the molecule is C[C@@H](O)c1ccc(N2CCNC(=O)CC2)cn1. The zero-order valence-corrected chi connectivity index (χ0v) is 9.89. The molecule has 5 nitrogen and oxygen atoms in total. The van der Waals surface area contributed by atoms with Crippen LogP contribution in [0.3, 0.4) is 0 Å². The molecule has 17 heavy (non-hydrogen) atoms. The average molecular weight is 235 g/mol. The van der Waals surface area contributed by atoms with Crippen molar-refractivity contribution in [3.05, 3.63) is 24.0 Å². The lowest BCUT2D eigenvalue weighted by Gasteiger charge is -2.21. The van der Waals surface area contributed by atoms with Crippen molar-refractivity contribution in [3.63, 3.8) is 0 Å². The Bertz CT molecular complexity index is 389. The van der Waals surface area contributed by atoms with E-state index in [4.69, 9.17) is 0 Å². The van der Waals surface area contributed by atoms with Gasteiger partial charge in [0.15, 0.2) is 0 Å². The third-order valence-corrected chi connectivity index (χ3v) is 2.88. The Balaban J connectivity index is 2.08. The summed E-state index contributed by atoms with van der Waals surface area (Å²) in [6.07, 6.45) is 1.71. The number of rotatable bonds is 2. The third kappa shape index (κ3) is 2.94. The first-order valence-corrected chi connectivity index (χ1v) is 5.82. The molecule has 2 N–H and O–H groups in total. The molecule has 92 valence electrons. The summed E-state index contributed by atoms with van der Waals surface area (Å²) >= 11 is 0. The highest BCUT2D eigenvalue weighted by Gasteiger charge is 2.14. The maximum Gasteiger partial charge on any atom is 0.221 e. The minimum Gasteiger partial charge on any atom is -0.387 e. The summed E-state index contributed by atoms with van der Waals surface area (Å²) in [5.41, 5.74) is 1.66. The zero-order chi connectivity index (χ0) is 12.3. The van der Waals surface area contributed by atoms with Crippen LogP contribution in [-0.2, 0) is 4.79 Å². The molecule has 2 heterocycles. The van der Waals surface area contributed by atoms with E-state index in [1.54, 1.807) is 13.1 Å². The maximum atomic E-state index is 11.2. The van der Waals surface area contributed by atoms with Gasteiger partial charge in [0, 0.05) is 26.1 Å². The zero-order valence-electron chi connectivity index (χ0n) is 9.89. The molecule has 1 aromatic rings. The van der Waals surface area contributed by atoms with Crippen molar-refractivity contribution in [2.45, 2.75) is 19.4 Å². The molecule has 0 unspecified atom stereocenters. The second-order valence-electron chi connectivity index (χ2n) is 4.20. The number of amides is 1. The predicted molar refractivity (Wildman–Crippen MR) is 64.7 cm³/mol. The van der Waals surface area contributed by atoms with E-state index >= 15 is 0 Å². The van der Waals surface area contributed by atoms with E-state index in [0.717, 1.165) is 12.2 Å². The van der Waals surface area contributed by atoms with Crippen LogP contribution in [0.2, 0.25) is 0 Å². The molecular formula is C12H17N3O2. The normalized spacial score (nSPS) is 18.5. The second-order valence-corrected chi connectivity index (χ2v) is 4.20. The van der Waals surface area contributed by atoms with E-state index in [1.165, 1.54) is 0 Å². The van der Waals surface area contributed by atoms with E-state index in [0.29, 0.717) is 25.2 Å². The summed E-state index contributed by atoms with van der Waals surface area (Å²) in [6.45, 7) is 3.86. The average Bonchev–Trinajstić information content (AvgIpc) is 2.54. The molecule has 0 aliphatic carbocycles. The number of carbonyl (C=O) groups excluding carboxylic acids is 1. The van der Waals surface area contributed by atoms with Crippen LogP contribution in [0.4, 0.5) is 5.69 Å². The van der Waals surface area contributed by atoms with E-state index in [1.807, 2.05) is 12.1 Å². The highest BCUT2D eigenvalue weighted by Crippen LogP contribution is 2.17. The Kier molecular flexibility index (Phi) is 3.58. The Morgan fingerprint density at radius 1 is 1.47 bits per heavy atom. The summed E-state index contributed by atoms with van der Waals surface area (Å²) in [5.74, 6) is 0.0982. The molecule has 1 atom stereocenters. The van der Waals surface area contributed by atoms with Crippen LogP contribution in [0.1, 0.15) is 25.1 Å². The smallest absolute Gasteiger partial charge is 0.221 e. The highest BCUT2D eigenvalue weighted by molar-refractivity contribution is 5.77. The van der Waals surface area contributed by atoms with Gasteiger partial charge in [0.1, 0.15) is 0 Å². The van der Waals surface area contributed by atoms with Crippen LogP contribution >= 0.6 is 0 Å². The van der Waals surface area contributed by atoms with E-state index in [-0.39, 0.29) is 5.91 Å². The van der Waals surface area contributed by atoms with E-state index in [2.05, 4.69) is 15.2 Å². The van der Waals surface area contributed by atoms with Gasteiger partial charge in [-0.3, -0.25) is 9.78 Å². The molecule has 2 rings (SSSR count). The molecule has 1 aromatic heterocycles. The molecule has 1 saturated heterocycles. The lowest BCUT2D eigenvalue weighted by atomic mass is 10.2. The lowest BCUT2D eigenvalue weighted by molar-refractivity contribution is -0.120. The van der Waals surface area contributed by atoms with Crippen LogP contribution in [0.25, 0.3) is 0 Å². The number of aromatic nitrogens is 1. The van der Waals surface area contributed by atoms with Crippen molar-refractivity contribution < 1.29 is 9.90 Å². The number of carbonyl (C=O) groups is 1. The van der Waals surface area contributed by atoms with Crippen molar-refractivity contribution in [2.24, 2.45) is 0 Å². The molecule has 1 amide bonds. The molecule has 1 aliphatic rings. The highest BCUT2D eigenvalue weighted by atomic mass is 16.3. The molecule has 0 bridgehead atoms. The minimum atomic E-state index is -0.545. The lowest BCUT2D eigenvalue weighted by Crippen LogP contribution is -2.28. The molecular weight excluding hydrogens is 218 g/mol. The summed E-state index contributed by atoms with van der Waals surface area (Å²) in [5, 5.41) is 12.2. The van der Waals surface area contributed by atoms with Crippen LogP contribution in [0.15, 0.2) is 18.3 Å². The Hall–Kier alpha value is -1.62. The van der Waals surface area contributed by atoms with Gasteiger partial charge in [-0.15, -0.1) is 0 Å². The summed E-state index contributed by atoms with van der Waals surface area (Å²) < 4.78 is 0. The number of pyridine rings is 1. The van der Waals surface area contributed by atoms with Crippen LogP contribution < -0.4 is 10.2 Å². The molecule has 0 saturated carbocycles. The molecule has 1 aliphatic heterocycles. The van der Waals surface area contributed by atoms with Gasteiger partial charge in [-0.1, -0.05) is 0 Å². The number of aliphatic hydroxyl groups is 1. The molecule has 5 heteroatoms. The fourth-order valence-electron chi connectivity index (χ4n) is 1.86. The van der Waals surface area contributed by atoms with Gasteiger partial charge in [-0.05, 0) is 19.1 Å². The third-order valence-electron chi connectivity index (χ3n) is 2.88. The topological polar surface area (TPSA) is 65.5 Å². The van der Waals surface area contributed by atoms with Crippen molar-refractivity contribution in [3.8, 4) is 0 Å². The Labute approximate surface area is 100 Å². The first-order chi connectivity index (χ1) is 8.16. The van der Waals surface area contributed by atoms with E-state index in [9.17, 15) is 9.90 Å². The summed E-state index contributed by atoms with van der Waals surface area (Å²) in [7, 11) is 0. The van der Waals surface area contributed by atoms with Gasteiger partial charge >= 0.3 is 0 Å². The fraction of sp³-hybridized carbons (Fsp3) is 0.500. The maximum absolute atomic E-state index is 11.2. The standard InChI is InChI=1S/C12H17N3O2/c1-9(16)11-3-2-10(8-14-11)15-6-4-12(17)13-5-7-15/h2-3,8-9,16H,4-7H2,1H3,(H,13,17)/t9-/m1/s1. The van der Waals surface area contributed by atoms with Crippen LogP contribution in [0.5, 0.6) is 0 Å². The van der Waals surface area contributed by atoms with Gasteiger partial charge in [-0.2, -0.15) is 0 Å². The number of anilines is 1. The molecule has 0 aromatic carbocycles. The number of aliphatic hydroxyl groups excluding tert-OH is 1. The van der Waals surface area contributed by atoms with Gasteiger partial charge in [0.25, 0.3) is 0 Å². The fourth-order valence-corrected chi connectivity index (χ4v) is 1.86. The number of nitrogens with zero attached hydrogens (tertiary/aromatic N) is 2. The number of hydrogen-bond donors (Lipinski definition) is 2.